The first kappa shape index (κ1) is 17.5. The number of esters is 1. The first-order valence-corrected chi connectivity index (χ1v) is 6.75. The summed E-state index contributed by atoms with van der Waals surface area (Å²) in [5.74, 6) is -0.843. The van der Waals surface area contributed by atoms with E-state index in [4.69, 9.17) is 4.74 Å². The van der Waals surface area contributed by atoms with Crippen molar-refractivity contribution in [2.24, 2.45) is 0 Å². The van der Waals surface area contributed by atoms with Crippen molar-refractivity contribution in [3.05, 3.63) is 53.1 Å². The second-order valence-corrected chi connectivity index (χ2v) is 4.80. The molecule has 2 aromatic carbocycles. The van der Waals surface area contributed by atoms with Crippen molar-refractivity contribution in [2.45, 2.75) is 6.18 Å². The van der Waals surface area contributed by atoms with E-state index >= 15 is 0 Å². The normalized spacial score (nSPS) is 11.0. The highest BCUT2D eigenvalue weighted by Crippen LogP contribution is 2.41. The second-order valence-electron chi connectivity index (χ2n) is 4.80. The fraction of sp³-hybridized carbons (Fsp3) is 0.176. The van der Waals surface area contributed by atoms with Crippen LogP contribution in [0.15, 0.2) is 36.4 Å². The SMILES string of the molecule is COC(=O)c1ccc(-c2cccc(C=O)c2OC)c(C(F)(F)F)c1. The van der Waals surface area contributed by atoms with Crippen molar-refractivity contribution in [3.63, 3.8) is 0 Å². The van der Waals surface area contributed by atoms with E-state index in [-0.39, 0.29) is 28.0 Å². The molecule has 0 aromatic heterocycles. The topological polar surface area (TPSA) is 52.6 Å². The number of para-hydroxylation sites is 1. The van der Waals surface area contributed by atoms with Crippen LogP contribution in [0.4, 0.5) is 13.2 Å². The number of aldehydes is 1. The molecule has 0 radical (unpaired) electrons. The second kappa shape index (κ2) is 6.74. The number of carbonyl (C=O) groups excluding carboxylic acids is 2. The fourth-order valence-corrected chi connectivity index (χ4v) is 2.35. The molecule has 0 atom stereocenters. The van der Waals surface area contributed by atoms with Crippen LogP contribution in [-0.4, -0.2) is 26.5 Å². The lowest BCUT2D eigenvalue weighted by Crippen LogP contribution is -2.11. The molecule has 24 heavy (non-hydrogen) atoms. The molecular weight excluding hydrogens is 325 g/mol. The summed E-state index contributed by atoms with van der Waals surface area (Å²) in [4.78, 5) is 22.6. The molecular formula is C17H13F3O4. The lowest BCUT2D eigenvalue weighted by Gasteiger charge is -2.17. The van der Waals surface area contributed by atoms with Gasteiger partial charge < -0.3 is 9.47 Å². The zero-order valence-corrected chi connectivity index (χ0v) is 12.8. The van der Waals surface area contributed by atoms with E-state index in [1.807, 2.05) is 0 Å². The summed E-state index contributed by atoms with van der Waals surface area (Å²) in [6.45, 7) is 0. The Morgan fingerprint density at radius 1 is 1.08 bits per heavy atom. The van der Waals surface area contributed by atoms with Crippen molar-refractivity contribution >= 4 is 12.3 Å². The molecule has 0 aliphatic rings. The number of alkyl halides is 3. The third kappa shape index (κ3) is 3.24. The van der Waals surface area contributed by atoms with Gasteiger partial charge in [0.1, 0.15) is 5.75 Å². The number of rotatable bonds is 4. The summed E-state index contributed by atoms with van der Waals surface area (Å²) in [6.07, 6.45) is -4.21. The van der Waals surface area contributed by atoms with Crippen molar-refractivity contribution < 1.29 is 32.2 Å². The van der Waals surface area contributed by atoms with Crippen LogP contribution in [-0.2, 0) is 10.9 Å². The lowest BCUT2D eigenvalue weighted by molar-refractivity contribution is -0.137. The highest BCUT2D eigenvalue weighted by Gasteiger charge is 2.35. The van der Waals surface area contributed by atoms with Crippen molar-refractivity contribution in [3.8, 4) is 16.9 Å². The van der Waals surface area contributed by atoms with Gasteiger partial charge in [-0.3, -0.25) is 4.79 Å². The van der Waals surface area contributed by atoms with E-state index in [2.05, 4.69) is 4.74 Å². The maximum atomic E-state index is 13.4. The molecule has 126 valence electrons. The maximum absolute atomic E-state index is 13.4. The first-order valence-electron chi connectivity index (χ1n) is 6.75. The van der Waals surface area contributed by atoms with Gasteiger partial charge in [0.15, 0.2) is 6.29 Å². The fourth-order valence-electron chi connectivity index (χ4n) is 2.35. The Balaban J connectivity index is 2.76. The maximum Gasteiger partial charge on any atom is 0.417 e. The quantitative estimate of drug-likeness (QED) is 0.625. The minimum absolute atomic E-state index is 0.0313. The molecule has 0 bridgehead atoms. The van der Waals surface area contributed by atoms with Crippen LogP contribution in [0.1, 0.15) is 26.3 Å². The van der Waals surface area contributed by atoms with Crippen LogP contribution < -0.4 is 4.74 Å². The van der Waals surface area contributed by atoms with Crippen LogP contribution in [0.2, 0.25) is 0 Å². The lowest BCUT2D eigenvalue weighted by atomic mass is 9.95. The molecule has 2 aromatic rings. The standard InChI is InChI=1S/C17H13F3O4/c1-23-15-11(9-21)4-3-5-13(15)12-7-6-10(16(22)24-2)8-14(12)17(18,19)20/h3-9H,1-2H3. The Hall–Kier alpha value is -2.83. The van der Waals surface area contributed by atoms with E-state index in [9.17, 15) is 22.8 Å². The molecule has 0 fully saturated rings. The van der Waals surface area contributed by atoms with Crippen molar-refractivity contribution in [2.75, 3.05) is 14.2 Å². The van der Waals surface area contributed by atoms with Crippen LogP contribution in [0.5, 0.6) is 5.75 Å². The third-order valence-corrected chi connectivity index (χ3v) is 3.41. The largest absolute Gasteiger partial charge is 0.495 e. The molecule has 7 heteroatoms. The molecule has 0 unspecified atom stereocenters. The number of methoxy groups -OCH3 is 2. The molecule has 0 spiro atoms. The Kier molecular flexibility index (Phi) is 4.92. The summed E-state index contributed by atoms with van der Waals surface area (Å²) >= 11 is 0. The van der Waals surface area contributed by atoms with E-state index in [0.717, 1.165) is 13.2 Å². The molecule has 2 rings (SSSR count). The van der Waals surface area contributed by atoms with Gasteiger partial charge >= 0.3 is 12.1 Å². The summed E-state index contributed by atoms with van der Waals surface area (Å²) in [6, 6.07) is 7.40. The molecule has 0 aliphatic heterocycles. The summed E-state index contributed by atoms with van der Waals surface area (Å²) in [5, 5.41) is 0. The first-order chi connectivity index (χ1) is 11.3. The Labute approximate surface area is 135 Å². The van der Waals surface area contributed by atoms with Crippen LogP contribution >= 0.6 is 0 Å². The Morgan fingerprint density at radius 2 is 1.79 bits per heavy atom. The smallest absolute Gasteiger partial charge is 0.417 e. The zero-order valence-electron chi connectivity index (χ0n) is 12.8. The number of carbonyl (C=O) groups is 2. The predicted molar refractivity (Wildman–Crippen MR) is 80.2 cm³/mol. The highest BCUT2D eigenvalue weighted by atomic mass is 19.4. The van der Waals surface area contributed by atoms with Gasteiger partial charge in [0.2, 0.25) is 0 Å². The molecule has 0 aliphatic carbocycles. The predicted octanol–water partition coefficient (Wildman–Crippen LogP) is 3.98. The van der Waals surface area contributed by atoms with Gasteiger partial charge in [-0.15, -0.1) is 0 Å². The van der Waals surface area contributed by atoms with Gasteiger partial charge in [0, 0.05) is 5.56 Å². The number of halogens is 3. The Morgan fingerprint density at radius 3 is 2.33 bits per heavy atom. The molecule has 0 heterocycles. The zero-order chi connectivity index (χ0) is 17.9. The average molecular weight is 338 g/mol. The van der Waals surface area contributed by atoms with Gasteiger partial charge in [-0.05, 0) is 23.8 Å². The number of hydrogen-bond donors (Lipinski definition) is 0. The van der Waals surface area contributed by atoms with E-state index < -0.39 is 17.7 Å². The average Bonchev–Trinajstić information content (AvgIpc) is 2.58. The monoisotopic (exact) mass is 338 g/mol. The minimum atomic E-state index is -4.71. The van der Waals surface area contributed by atoms with E-state index in [1.165, 1.54) is 31.4 Å². The molecule has 0 saturated carbocycles. The van der Waals surface area contributed by atoms with Crippen molar-refractivity contribution in [1.82, 2.24) is 0 Å². The minimum Gasteiger partial charge on any atom is -0.495 e. The number of ether oxygens (including phenoxy) is 2. The van der Waals surface area contributed by atoms with Gasteiger partial charge in [-0.1, -0.05) is 18.2 Å². The van der Waals surface area contributed by atoms with Crippen LogP contribution in [0.25, 0.3) is 11.1 Å². The number of benzene rings is 2. The molecule has 0 saturated heterocycles. The van der Waals surface area contributed by atoms with E-state index in [0.29, 0.717) is 12.4 Å². The van der Waals surface area contributed by atoms with E-state index in [1.54, 1.807) is 0 Å². The highest BCUT2D eigenvalue weighted by molar-refractivity contribution is 5.92. The van der Waals surface area contributed by atoms with Gasteiger partial charge in [0.05, 0.1) is 30.9 Å². The summed E-state index contributed by atoms with van der Waals surface area (Å²) in [7, 11) is 2.35. The van der Waals surface area contributed by atoms with Gasteiger partial charge in [0.25, 0.3) is 0 Å². The van der Waals surface area contributed by atoms with Crippen LogP contribution in [0, 0.1) is 0 Å². The van der Waals surface area contributed by atoms with Crippen LogP contribution in [0.3, 0.4) is 0 Å². The number of hydrogen-bond acceptors (Lipinski definition) is 4. The summed E-state index contributed by atoms with van der Waals surface area (Å²) < 4.78 is 49.9. The molecule has 0 amide bonds. The molecule has 0 N–H and O–H groups in total. The molecule has 4 nitrogen and oxygen atoms in total. The van der Waals surface area contributed by atoms with Gasteiger partial charge in [-0.25, -0.2) is 4.79 Å². The van der Waals surface area contributed by atoms with Crippen molar-refractivity contribution in [1.29, 1.82) is 0 Å². The third-order valence-electron chi connectivity index (χ3n) is 3.41. The summed E-state index contributed by atoms with van der Waals surface area (Å²) in [5.41, 5.74) is -1.22. The Bertz CT molecular complexity index is 782. The van der Waals surface area contributed by atoms with Gasteiger partial charge in [-0.2, -0.15) is 13.2 Å².